The van der Waals surface area contributed by atoms with Gasteiger partial charge in [0.25, 0.3) is 11.8 Å². The highest BCUT2D eigenvalue weighted by Gasteiger charge is 2.26. The minimum atomic E-state index is -0.454. The first kappa shape index (κ1) is 42.2. The van der Waals surface area contributed by atoms with Gasteiger partial charge < -0.3 is 30.6 Å². The molecule has 14 nitrogen and oxygen atoms in total. The van der Waals surface area contributed by atoms with Gasteiger partial charge >= 0.3 is 12.0 Å². The van der Waals surface area contributed by atoms with Crippen molar-refractivity contribution in [2.24, 2.45) is 0 Å². The van der Waals surface area contributed by atoms with Gasteiger partial charge in [-0.15, -0.1) is 11.3 Å². The zero-order valence-corrected chi connectivity index (χ0v) is 34.4. The van der Waals surface area contributed by atoms with Crippen molar-refractivity contribution in [2.75, 3.05) is 36.8 Å². The lowest BCUT2D eigenvalue weighted by molar-refractivity contribution is -0.134. The Labute approximate surface area is 346 Å². The number of carbonyl (C=O) groups is 5. The number of ether oxygens (including phenoxy) is 1. The van der Waals surface area contributed by atoms with Crippen LogP contribution in [0.3, 0.4) is 0 Å². The Kier molecular flexibility index (Phi) is 14.2. The third-order valence-corrected chi connectivity index (χ3v) is 10.8. The third kappa shape index (κ3) is 11.1. The summed E-state index contributed by atoms with van der Waals surface area (Å²) < 4.78 is 5.47. The van der Waals surface area contributed by atoms with E-state index < -0.39 is 12.0 Å². The number of ketones is 1. The number of hydrogen-bond donors (Lipinski definition) is 5. The molecule has 0 bridgehead atoms. The topological polar surface area (TPSA) is 188 Å². The number of urea groups is 1. The van der Waals surface area contributed by atoms with E-state index >= 15 is 0 Å². The van der Waals surface area contributed by atoms with Gasteiger partial charge in [0.05, 0.1) is 16.8 Å². The molecule has 15 heteroatoms. The Morgan fingerprint density at radius 1 is 0.932 bits per heavy atom. The smallest absolute Gasteiger partial charge is 0.321 e. The van der Waals surface area contributed by atoms with Crippen molar-refractivity contribution < 1.29 is 28.7 Å². The van der Waals surface area contributed by atoms with Crippen LogP contribution >= 0.6 is 11.3 Å². The summed E-state index contributed by atoms with van der Waals surface area (Å²) in [6.45, 7) is 11.3. The number of hydrogen-bond acceptors (Lipinski definition) is 10. The van der Waals surface area contributed by atoms with Crippen LogP contribution in [0.5, 0.6) is 5.75 Å². The van der Waals surface area contributed by atoms with Crippen LogP contribution in [0.1, 0.15) is 77.1 Å². The lowest BCUT2D eigenvalue weighted by Crippen LogP contribution is -2.35. The van der Waals surface area contributed by atoms with Crippen LogP contribution in [0, 0.1) is 13.8 Å². The highest BCUT2D eigenvalue weighted by Crippen LogP contribution is 2.35. The highest BCUT2D eigenvalue weighted by molar-refractivity contribution is 7.14. The number of pyridine rings is 1. The van der Waals surface area contributed by atoms with Gasteiger partial charge in [0.2, 0.25) is 0 Å². The molecule has 0 atom stereocenters. The highest BCUT2D eigenvalue weighted by atomic mass is 32.1. The number of nitrogens with one attached hydrogen (secondary N) is 5. The number of aryl methyl sites for hydroxylation is 1. The first-order valence-corrected chi connectivity index (χ1v) is 20.5. The molecule has 1 aliphatic heterocycles. The van der Waals surface area contributed by atoms with Crippen molar-refractivity contribution in [3.8, 4) is 17.0 Å². The predicted molar refractivity (Wildman–Crippen MR) is 229 cm³/mol. The number of H-pyrrole nitrogens is 1. The number of rotatable bonds is 18. The molecule has 0 saturated heterocycles. The number of nitrogens with zero attached hydrogens (tertiary/aromatic N) is 3. The Morgan fingerprint density at radius 2 is 1.68 bits per heavy atom. The van der Waals surface area contributed by atoms with Crippen LogP contribution in [0.15, 0.2) is 72.4 Å². The van der Waals surface area contributed by atoms with Crippen molar-refractivity contribution in [3.63, 3.8) is 0 Å². The second kappa shape index (κ2) is 19.8. The van der Waals surface area contributed by atoms with Gasteiger partial charge in [0.1, 0.15) is 11.5 Å². The molecule has 0 spiro atoms. The van der Waals surface area contributed by atoms with Crippen LogP contribution in [0.25, 0.3) is 22.9 Å². The summed E-state index contributed by atoms with van der Waals surface area (Å²) in [6.07, 6.45) is 5.84. The van der Waals surface area contributed by atoms with Gasteiger partial charge in [0.15, 0.2) is 5.13 Å². The number of aromatic nitrogens is 3. The average Bonchev–Trinajstić information content (AvgIpc) is 3.90. The summed E-state index contributed by atoms with van der Waals surface area (Å²) in [5.74, 6) is -0.564. The predicted octanol–water partition coefficient (Wildman–Crippen LogP) is 6.92. The molecule has 2 aromatic carbocycles. The van der Waals surface area contributed by atoms with Crippen molar-refractivity contribution in [3.05, 3.63) is 112 Å². The Hall–Kier alpha value is -6.45. The zero-order chi connectivity index (χ0) is 41.9. The molecule has 3 aromatic heterocycles. The second-order valence-electron chi connectivity index (χ2n) is 14.1. The summed E-state index contributed by atoms with van der Waals surface area (Å²) in [7, 11) is 0. The molecule has 0 aliphatic carbocycles. The van der Waals surface area contributed by atoms with Gasteiger partial charge in [-0.2, -0.15) is 0 Å². The third-order valence-electron chi connectivity index (χ3n) is 10.0. The van der Waals surface area contributed by atoms with E-state index in [9.17, 15) is 24.0 Å². The lowest BCUT2D eigenvalue weighted by Gasteiger charge is -2.18. The Bertz CT molecular complexity index is 2350. The molecule has 4 heterocycles. The van der Waals surface area contributed by atoms with Gasteiger partial charge in [0, 0.05) is 84.9 Å². The molecule has 6 rings (SSSR count). The first-order valence-electron chi connectivity index (χ1n) is 19.6. The molecule has 4 amide bonds. The van der Waals surface area contributed by atoms with Gasteiger partial charge in [-0.05, 0) is 92.5 Å². The van der Waals surface area contributed by atoms with E-state index in [-0.39, 0.29) is 43.4 Å². The number of aromatic amines is 1. The van der Waals surface area contributed by atoms with E-state index in [4.69, 9.17) is 4.74 Å². The molecule has 0 unspecified atom stereocenters. The number of anilines is 2. The number of thiazole rings is 1. The number of esters is 1. The van der Waals surface area contributed by atoms with Gasteiger partial charge in [-0.25, -0.2) is 9.78 Å². The maximum absolute atomic E-state index is 13.1. The quantitative estimate of drug-likeness (QED) is 0.0355. The number of fused-ring (bicyclic) bond motifs is 1. The van der Waals surface area contributed by atoms with Gasteiger partial charge in [-0.3, -0.25) is 29.5 Å². The average molecular weight is 817 g/mol. The molecule has 59 heavy (non-hydrogen) atoms. The van der Waals surface area contributed by atoms with Crippen LogP contribution in [0.2, 0.25) is 0 Å². The summed E-state index contributed by atoms with van der Waals surface area (Å²) in [5.41, 5.74) is 7.66. The number of likely N-dealkylation sites (N-methyl/N-ethyl adjacent to an activating group) is 1. The van der Waals surface area contributed by atoms with E-state index in [0.717, 1.165) is 47.6 Å². The van der Waals surface area contributed by atoms with E-state index in [1.807, 2.05) is 43.5 Å². The fraction of sp³-hybridized carbons (Fsp3) is 0.295. The lowest BCUT2D eigenvalue weighted by atomic mass is 9.98. The molecule has 0 saturated carbocycles. The number of carbonyl (C=O) groups excluding carboxylic acids is 5. The minimum absolute atomic E-state index is 0.0435. The number of benzene rings is 2. The molecule has 1 aliphatic rings. The van der Waals surface area contributed by atoms with E-state index in [0.29, 0.717) is 57.6 Å². The monoisotopic (exact) mass is 816 g/mol. The molecular formula is C44H48N8O6S. The molecular weight excluding hydrogens is 769 g/mol. The van der Waals surface area contributed by atoms with Crippen LogP contribution in [-0.4, -0.2) is 75.6 Å². The molecule has 0 radical (unpaired) electrons. The molecule has 0 fully saturated rings. The fourth-order valence-corrected chi connectivity index (χ4v) is 7.48. The van der Waals surface area contributed by atoms with Crippen molar-refractivity contribution in [2.45, 2.75) is 59.9 Å². The zero-order valence-electron chi connectivity index (χ0n) is 33.6. The maximum atomic E-state index is 13.1. The largest absolute Gasteiger partial charge is 0.427 e. The summed E-state index contributed by atoms with van der Waals surface area (Å²) in [5, 5.41) is 13.8. The van der Waals surface area contributed by atoms with Crippen molar-refractivity contribution in [1.82, 2.24) is 30.5 Å². The molecule has 5 N–H and O–H groups in total. The number of amides is 4. The summed E-state index contributed by atoms with van der Waals surface area (Å²) in [6, 6.07) is 15.5. The first-order chi connectivity index (χ1) is 28.5. The number of Topliss-reactive ketones (excluding diaryl/α,β-unsaturated/α-hetero) is 1. The molecule has 5 aromatic rings. The van der Waals surface area contributed by atoms with E-state index in [2.05, 4.69) is 55.0 Å². The van der Waals surface area contributed by atoms with Crippen LogP contribution in [0.4, 0.5) is 15.6 Å². The maximum Gasteiger partial charge on any atom is 0.321 e. The van der Waals surface area contributed by atoms with Crippen LogP contribution in [-0.2, 0) is 27.3 Å². The summed E-state index contributed by atoms with van der Waals surface area (Å²) in [4.78, 5) is 78.1. The van der Waals surface area contributed by atoms with E-state index in [1.165, 1.54) is 11.3 Å². The van der Waals surface area contributed by atoms with Crippen molar-refractivity contribution in [1.29, 1.82) is 0 Å². The van der Waals surface area contributed by atoms with Crippen LogP contribution < -0.4 is 26.0 Å². The fourth-order valence-electron chi connectivity index (χ4n) is 6.76. The standard InChI is InChI=1S/C44H48N8O6S/c1-5-52(6-2)21-20-46-42(56)40-27(3)37(48-28(40)4)24-35-34-23-30(12-15-36(34)49-41(35)55)22-32(53)8-7-9-39(54)58-33-13-10-29(11-14-33)25-47-43(57)51-44-50-38(26-59-44)31-16-18-45-19-17-31/h10-19,23-24,26,48H,5-9,20-22,25H2,1-4H3,(H,46,56)(H,49,55)(H2,47,50,51,57)/b35-24-. The second-order valence-corrected chi connectivity index (χ2v) is 15.0. The SMILES string of the molecule is CCN(CC)CCNC(=O)c1c(C)[nH]c(/C=C2\C(=O)Nc3ccc(CC(=O)CCCC(=O)Oc4ccc(CNC(=O)Nc5nc(-c6ccncc6)cs5)cc4)cc32)c1C. The molecule has 306 valence electrons. The summed E-state index contributed by atoms with van der Waals surface area (Å²) >= 11 is 1.32. The minimum Gasteiger partial charge on any atom is -0.427 e. The Morgan fingerprint density at radius 3 is 2.42 bits per heavy atom. The van der Waals surface area contributed by atoms with Gasteiger partial charge in [-0.1, -0.05) is 32.0 Å². The normalized spacial score (nSPS) is 12.6. The van der Waals surface area contributed by atoms with E-state index in [1.54, 1.807) is 48.8 Å². The Balaban J connectivity index is 0.943. The van der Waals surface area contributed by atoms with Crippen molar-refractivity contribution >= 4 is 63.4 Å².